The van der Waals surface area contributed by atoms with E-state index >= 15 is 0 Å². The second-order valence-electron chi connectivity index (χ2n) is 4.22. The van der Waals surface area contributed by atoms with Crippen LogP contribution in [0.5, 0.6) is 5.75 Å². The van der Waals surface area contributed by atoms with E-state index in [4.69, 9.17) is 9.05 Å². The Morgan fingerprint density at radius 3 is 2.40 bits per heavy atom. The molecule has 0 aliphatic carbocycles. The van der Waals surface area contributed by atoms with Crippen molar-refractivity contribution in [1.82, 2.24) is 0 Å². The molecule has 86 valence electrons. The van der Waals surface area contributed by atoms with Crippen LogP contribution >= 0.6 is 21.4 Å². The van der Waals surface area contributed by atoms with Crippen LogP contribution < -0.4 is 4.52 Å². The Kier molecular flexibility index (Phi) is 6.19. The molecule has 2 nitrogen and oxygen atoms in total. The summed E-state index contributed by atoms with van der Waals surface area (Å²) in [5.74, 6) is 0.868. The Morgan fingerprint density at radius 2 is 1.87 bits per heavy atom. The van der Waals surface area contributed by atoms with E-state index in [1.807, 2.05) is 52.0 Å². The third-order valence-corrected chi connectivity index (χ3v) is 2.51. The van der Waals surface area contributed by atoms with E-state index in [0.29, 0.717) is 0 Å². The molecule has 1 rings (SSSR count). The first kappa shape index (κ1) is 14.7. The molecule has 0 aliphatic rings. The van der Waals surface area contributed by atoms with E-state index in [1.54, 1.807) is 0 Å². The van der Waals surface area contributed by atoms with Crippen molar-refractivity contribution in [3.05, 3.63) is 29.8 Å². The van der Waals surface area contributed by atoms with E-state index < -0.39 is 0 Å². The third kappa shape index (κ3) is 6.72. The van der Waals surface area contributed by atoms with Crippen LogP contribution in [0.3, 0.4) is 0 Å². The van der Waals surface area contributed by atoms with Crippen molar-refractivity contribution in [2.75, 3.05) is 0 Å². The van der Waals surface area contributed by atoms with Crippen molar-refractivity contribution in [2.45, 2.75) is 33.3 Å². The molecule has 0 bridgehead atoms. The number of halogens is 1. The highest BCUT2D eigenvalue weighted by Crippen LogP contribution is 2.27. The first-order valence-corrected chi connectivity index (χ1v) is 5.45. The van der Waals surface area contributed by atoms with Crippen molar-refractivity contribution in [2.24, 2.45) is 0 Å². The average molecular weight is 249 g/mol. The van der Waals surface area contributed by atoms with E-state index in [0.717, 1.165) is 5.75 Å². The van der Waals surface area contributed by atoms with Crippen LogP contribution in [0.4, 0.5) is 0 Å². The van der Waals surface area contributed by atoms with Gasteiger partial charge >= 0.3 is 0 Å². The molecule has 0 aliphatic heterocycles. The maximum absolute atomic E-state index is 5.48. The Morgan fingerprint density at radius 1 is 1.20 bits per heavy atom. The molecule has 0 spiro atoms. The van der Waals surface area contributed by atoms with E-state index in [9.17, 15) is 0 Å². The maximum Gasteiger partial charge on any atom is 0.215 e. The Bertz CT molecular complexity index is 297. The zero-order chi connectivity index (χ0) is 10.6. The molecule has 0 fully saturated rings. The molecular weight excluding hydrogens is 231 g/mol. The van der Waals surface area contributed by atoms with Crippen molar-refractivity contribution < 1.29 is 9.05 Å². The summed E-state index contributed by atoms with van der Waals surface area (Å²) in [6.45, 7) is 8.08. The lowest BCUT2D eigenvalue weighted by Gasteiger charge is -2.18. The lowest BCUT2D eigenvalue weighted by atomic mass is 10.2. The van der Waals surface area contributed by atoms with Gasteiger partial charge in [0, 0.05) is 0 Å². The zero-order valence-electron chi connectivity index (χ0n) is 9.53. The van der Waals surface area contributed by atoms with Gasteiger partial charge < -0.3 is 9.05 Å². The van der Waals surface area contributed by atoms with Gasteiger partial charge in [0.15, 0.2) is 0 Å². The minimum absolute atomic E-state index is 0. The number of hydrogen-bond acceptors (Lipinski definition) is 2. The first-order chi connectivity index (χ1) is 6.47. The van der Waals surface area contributed by atoms with Crippen LogP contribution in [0.2, 0.25) is 0 Å². The highest BCUT2D eigenvalue weighted by atomic mass is 35.5. The summed E-state index contributed by atoms with van der Waals surface area (Å²) in [6.07, 6.45) is 0. The fourth-order valence-corrected chi connectivity index (χ4v) is 1.39. The van der Waals surface area contributed by atoms with Gasteiger partial charge in [0.05, 0.1) is 5.60 Å². The summed E-state index contributed by atoms with van der Waals surface area (Å²) in [6, 6.07) is 7.96. The van der Waals surface area contributed by atoms with Gasteiger partial charge in [-0.3, -0.25) is 0 Å². The fourth-order valence-electron chi connectivity index (χ4n) is 0.873. The van der Waals surface area contributed by atoms with Gasteiger partial charge in [-0.15, -0.1) is 12.4 Å². The predicted molar refractivity (Wildman–Crippen MR) is 68.2 cm³/mol. The summed E-state index contributed by atoms with van der Waals surface area (Å²) in [7, 11) is 0.0574. The highest BCUT2D eigenvalue weighted by molar-refractivity contribution is 7.26. The summed E-state index contributed by atoms with van der Waals surface area (Å²) in [5.41, 5.74) is 1.06. The molecule has 0 heterocycles. The minimum atomic E-state index is -0.137. The van der Waals surface area contributed by atoms with E-state index in [1.165, 1.54) is 5.56 Å². The average Bonchev–Trinajstić information content (AvgIpc) is 2.01. The normalized spacial score (nSPS) is 11.5. The van der Waals surface area contributed by atoms with Gasteiger partial charge in [-0.1, -0.05) is 12.1 Å². The van der Waals surface area contributed by atoms with Crippen molar-refractivity contribution in [3.8, 4) is 5.75 Å². The molecule has 15 heavy (non-hydrogen) atoms. The number of hydrogen-bond donors (Lipinski definition) is 0. The van der Waals surface area contributed by atoms with Gasteiger partial charge in [0.2, 0.25) is 9.03 Å². The molecule has 0 amide bonds. The largest absolute Gasteiger partial charge is 0.450 e. The summed E-state index contributed by atoms with van der Waals surface area (Å²) >= 11 is 0. The molecule has 4 heteroatoms. The number of rotatable bonds is 3. The molecule has 1 aromatic rings. The van der Waals surface area contributed by atoms with Crippen LogP contribution in [0.1, 0.15) is 26.3 Å². The van der Waals surface area contributed by atoms with Gasteiger partial charge in [0.1, 0.15) is 5.75 Å². The first-order valence-electron chi connectivity index (χ1n) is 4.64. The molecule has 0 saturated heterocycles. The lowest BCUT2D eigenvalue weighted by Crippen LogP contribution is -2.14. The molecule has 0 aromatic heterocycles. The Hall–Kier alpha value is -0.300. The molecule has 0 saturated carbocycles. The van der Waals surface area contributed by atoms with Crippen molar-refractivity contribution in [1.29, 1.82) is 0 Å². The highest BCUT2D eigenvalue weighted by Gasteiger charge is 2.10. The molecule has 1 unspecified atom stereocenters. The second kappa shape index (κ2) is 6.32. The summed E-state index contributed by atoms with van der Waals surface area (Å²) in [4.78, 5) is 0. The molecule has 1 atom stereocenters. The van der Waals surface area contributed by atoms with Crippen LogP contribution in [-0.4, -0.2) is 5.60 Å². The van der Waals surface area contributed by atoms with E-state index in [-0.39, 0.29) is 27.0 Å². The van der Waals surface area contributed by atoms with Gasteiger partial charge in [-0.05, 0) is 45.4 Å². The smallest absolute Gasteiger partial charge is 0.215 e. The van der Waals surface area contributed by atoms with Gasteiger partial charge in [-0.2, -0.15) is 0 Å². The van der Waals surface area contributed by atoms with Crippen molar-refractivity contribution >= 4 is 21.4 Å². The molecule has 1 aromatic carbocycles. The monoisotopic (exact) mass is 248 g/mol. The van der Waals surface area contributed by atoms with Crippen molar-refractivity contribution in [3.63, 3.8) is 0 Å². The van der Waals surface area contributed by atoms with Crippen LogP contribution in [0.25, 0.3) is 0 Å². The third-order valence-electron chi connectivity index (χ3n) is 1.50. The Labute approximate surface area is 99.7 Å². The molecule has 0 radical (unpaired) electrons. The maximum atomic E-state index is 5.48. The van der Waals surface area contributed by atoms with Gasteiger partial charge in [-0.25, -0.2) is 0 Å². The zero-order valence-corrected chi connectivity index (χ0v) is 11.4. The van der Waals surface area contributed by atoms with E-state index in [2.05, 4.69) is 0 Å². The second-order valence-corrected chi connectivity index (χ2v) is 4.79. The Balaban J connectivity index is 0.00000196. The predicted octanol–water partition coefficient (Wildman–Crippen LogP) is 4.12. The lowest BCUT2D eigenvalue weighted by molar-refractivity contribution is 0.143. The SMILES string of the molecule is Cc1cccc(OPOC(C)(C)C)c1.Cl. The molecular formula is C11H18ClO2P. The fraction of sp³-hybridized carbons (Fsp3) is 0.455. The van der Waals surface area contributed by atoms with Crippen LogP contribution in [0.15, 0.2) is 24.3 Å². The quantitative estimate of drug-likeness (QED) is 0.749. The standard InChI is InChI=1S/C11H17O2P.ClH/c1-9-6-5-7-10(8-9)12-14-13-11(2,3)4;/h5-8,14H,1-4H3;1H. The topological polar surface area (TPSA) is 18.5 Å². The van der Waals surface area contributed by atoms with Crippen LogP contribution in [0, 0.1) is 6.92 Å². The van der Waals surface area contributed by atoms with Gasteiger partial charge in [0.25, 0.3) is 0 Å². The minimum Gasteiger partial charge on any atom is -0.450 e. The number of aryl methyl sites for hydroxylation is 1. The van der Waals surface area contributed by atoms with Crippen LogP contribution in [-0.2, 0) is 4.52 Å². The summed E-state index contributed by atoms with van der Waals surface area (Å²) < 4.78 is 10.9. The number of benzene rings is 1. The summed E-state index contributed by atoms with van der Waals surface area (Å²) in [5, 5.41) is 0. The molecule has 0 N–H and O–H groups in total.